The van der Waals surface area contributed by atoms with Gasteiger partial charge in [0.25, 0.3) is 5.91 Å². The Hall–Kier alpha value is -2.71. The van der Waals surface area contributed by atoms with E-state index in [2.05, 4.69) is 5.32 Å². The van der Waals surface area contributed by atoms with E-state index in [-0.39, 0.29) is 30.6 Å². The van der Waals surface area contributed by atoms with Crippen molar-refractivity contribution >= 4 is 29.3 Å². The first-order chi connectivity index (χ1) is 16.2. The van der Waals surface area contributed by atoms with Crippen molar-refractivity contribution in [3.8, 4) is 11.5 Å². The molecule has 2 saturated heterocycles. The number of thioether (sulfide) groups is 1. The van der Waals surface area contributed by atoms with E-state index >= 15 is 0 Å². The number of nitrogens with one attached hydrogen (secondary N) is 1. The number of amides is 2. The molecule has 7 nitrogen and oxygen atoms in total. The number of benzene rings is 2. The number of rotatable bonds is 6. The fraction of sp³-hybridized carbons (Fsp3) is 0.440. The highest BCUT2D eigenvalue weighted by molar-refractivity contribution is 7.99. The predicted molar refractivity (Wildman–Crippen MR) is 126 cm³/mol. The van der Waals surface area contributed by atoms with Gasteiger partial charge >= 0.3 is 0 Å². The molecule has 0 spiro atoms. The summed E-state index contributed by atoms with van der Waals surface area (Å²) in [6.07, 6.45) is 3.77. The van der Waals surface area contributed by atoms with Crippen LogP contribution in [0.2, 0.25) is 0 Å². The molecule has 33 heavy (non-hydrogen) atoms. The number of anilines is 1. The van der Waals surface area contributed by atoms with Crippen LogP contribution < -0.4 is 14.8 Å². The third-order valence-electron chi connectivity index (χ3n) is 6.36. The highest BCUT2D eigenvalue weighted by atomic mass is 32.2. The van der Waals surface area contributed by atoms with Crippen LogP contribution in [0, 0.1) is 5.92 Å². The van der Waals surface area contributed by atoms with Crippen molar-refractivity contribution in [1.82, 2.24) is 4.90 Å². The second-order valence-electron chi connectivity index (χ2n) is 8.57. The number of nitrogens with zero attached hydrogens (tertiary/aromatic N) is 1. The Balaban J connectivity index is 1.15. The molecule has 0 aromatic heterocycles. The first-order valence-corrected chi connectivity index (χ1v) is 12.5. The molecule has 0 aliphatic carbocycles. The summed E-state index contributed by atoms with van der Waals surface area (Å²) < 4.78 is 16.4. The molecule has 0 radical (unpaired) electrons. The van der Waals surface area contributed by atoms with Crippen molar-refractivity contribution in [3.05, 3.63) is 48.0 Å². The molecule has 2 aromatic carbocycles. The van der Waals surface area contributed by atoms with E-state index in [1.807, 2.05) is 35.2 Å². The molecule has 2 amide bonds. The van der Waals surface area contributed by atoms with Gasteiger partial charge in [-0.05, 0) is 49.9 Å². The van der Waals surface area contributed by atoms with Gasteiger partial charge in [0.15, 0.2) is 11.5 Å². The Morgan fingerprint density at radius 2 is 1.85 bits per heavy atom. The average molecular weight is 469 g/mol. The molecule has 0 bridgehead atoms. The second-order valence-corrected chi connectivity index (χ2v) is 9.63. The van der Waals surface area contributed by atoms with Gasteiger partial charge in [0.2, 0.25) is 12.7 Å². The summed E-state index contributed by atoms with van der Waals surface area (Å²) in [6, 6.07) is 13.2. The lowest BCUT2D eigenvalue weighted by Gasteiger charge is -2.32. The van der Waals surface area contributed by atoms with E-state index < -0.39 is 0 Å². The molecular formula is C25H28N2O5S. The maximum absolute atomic E-state index is 13.2. The molecule has 1 atom stereocenters. The number of piperidine rings is 1. The number of fused-ring (bicyclic) bond motifs is 1. The number of hydrogen-bond acceptors (Lipinski definition) is 6. The lowest BCUT2D eigenvalue weighted by Crippen LogP contribution is -2.41. The minimum absolute atomic E-state index is 0.0199. The van der Waals surface area contributed by atoms with E-state index in [0.29, 0.717) is 43.1 Å². The fourth-order valence-electron chi connectivity index (χ4n) is 4.46. The minimum Gasteiger partial charge on any atom is -0.454 e. The number of hydrogen-bond donors (Lipinski definition) is 1. The maximum Gasteiger partial charge on any atom is 0.254 e. The number of carbonyl (C=O) groups is 2. The van der Waals surface area contributed by atoms with Gasteiger partial charge in [-0.15, -0.1) is 11.8 Å². The van der Waals surface area contributed by atoms with Crippen LogP contribution >= 0.6 is 11.8 Å². The maximum atomic E-state index is 13.2. The second kappa shape index (κ2) is 10.1. The number of ether oxygens (including phenoxy) is 3. The summed E-state index contributed by atoms with van der Waals surface area (Å²) >= 11 is 1.70. The fourth-order valence-corrected chi connectivity index (χ4v) is 5.58. The van der Waals surface area contributed by atoms with Crippen molar-refractivity contribution in [2.45, 2.75) is 36.7 Å². The largest absolute Gasteiger partial charge is 0.454 e. The van der Waals surface area contributed by atoms with Crippen molar-refractivity contribution in [2.75, 3.05) is 37.6 Å². The summed E-state index contributed by atoms with van der Waals surface area (Å²) in [5.74, 6) is 2.10. The topological polar surface area (TPSA) is 77.1 Å². The molecule has 2 aromatic rings. The normalized spacial score (nSPS) is 20.1. The molecule has 5 rings (SSSR count). The zero-order chi connectivity index (χ0) is 22.6. The standard InChI is InChI=1S/C25H28N2O5S/c28-24(26-18-7-8-21-22(14-18)32-16-31-21)17-9-11-27(12-10-17)25(29)20-5-1-2-6-23(20)33-15-19-4-3-13-30-19/h1-2,5-8,14,17,19H,3-4,9-13,15-16H2,(H,26,28). The summed E-state index contributed by atoms with van der Waals surface area (Å²) in [5.41, 5.74) is 1.43. The first-order valence-electron chi connectivity index (χ1n) is 11.5. The molecule has 3 heterocycles. The molecule has 3 aliphatic heterocycles. The van der Waals surface area contributed by atoms with Gasteiger partial charge in [0, 0.05) is 48.0 Å². The minimum atomic E-state index is -0.122. The monoisotopic (exact) mass is 468 g/mol. The van der Waals surface area contributed by atoms with Crippen molar-refractivity contribution in [3.63, 3.8) is 0 Å². The Kier molecular flexibility index (Phi) is 6.73. The smallest absolute Gasteiger partial charge is 0.254 e. The third kappa shape index (κ3) is 5.12. The quantitative estimate of drug-likeness (QED) is 0.641. The summed E-state index contributed by atoms with van der Waals surface area (Å²) in [6.45, 7) is 2.18. The van der Waals surface area contributed by atoms with Crippen LogP contribution in [0.15, 0.2) is 47.4 Å². The molecule has 1 N–H and O–H groups in total. The third-order valence-corrected chi connectivity index (χ3v) is 7.56. The predicted octanol–water partition coefficient (Wildman–Crippen LogP) is 4.18. The Bertz CT molecular complexity index is 1020. The van der Waals surface area contributed by atoms with Gasteiger partial charge < -0.3 is 24.4 Å². The molecule has 0 saturated carbocycles. The number of likely N-dealkylation sites (tertiary alicyclic amines) is 1. The van der Waals surface area contributed by atoms with Crippen LogP contribution in [-0.2, 0) is 9.53 Å². The summed E-state index contributed by atoms with van der Waals surface area (Å²) in [7, 11) is 0. The lowest BCUT2D eigenvalue weighted by atomic mass is 9.95. The SMILES string of the molecule is O=C(Nc1ccc2c(c1)OCO2)C1CCN(C(=O)c2ccccc2SCC2CCCO2)CC1. The lowest BCUT2D eigenvalue weighted by molar-refractivity contribution is -0.121. The Morgan fingerprint density at radius 1 is 1.03 bits per heavy atom. The van der Waals surface area contributed by atoms with E-state index in [4.69, 9.17) is 14.2 Å². The molecule has 3 aliphatic rings. The van der Waals surface area contributed by atoms with Crippen LogP contribution in [-0.4, -0.2) is 55.1 Å². The van der Waals surface area contributed by atoms with E-state index in [9.17, 15) is 9.59 Å². The van der Waals surface area contributed by atoms with E-state index in [1.165, 1.54) is 0 Å². The molecular weight excluding hydrogens is 440 g/mol. The van der Waals surface area contributed by atoms with Gasteiger partial charge in [-0.3, -0.25) is 9.59 Å². The Morgan fingerprint density at radius 3 is 2.67 bits per heavy atom. The molecule has 8 heteroatoms. The molecule has 174 valence electrons. The van der Waals surface area contributed by atoms with Gasteiger partial charge in [0.05, 0.1) is 11.7 Å². The average Bonchev–Trinajstić information content (AvgIpc) is 3.54. The molecule has 2 fully saturated rings. The molecule has 1 unspecified atom stereocenters. The van der Waals surface area contributed by atoms with Crippen LogP contribution in [0.4, 0.5) is 5.69 Å². The zero-order valence-corrected chi connectivity index (χ0v) is 19.3. The summed E-state index contributed by atoms with van der Waals surface area (Å²) in [5, 5.41) is 2.98. The van der Waals surface area contributed by atoms with Gasteiger partial charge in [-0.25, -0.2) is 0 Å². The van der Waals surface area contributed by atoms with Crippen LogP contribution in [0.3, 0.4) is 0 Å². The summed E-state index contributed by atoms with van der Waals surface area (Å²) in [4.78, 5) is 28.9. The zero-order valence-electron chi connectivity index (χ0n) is 18.5. The van der Waals surface area contributed by atoms with Crippen molar-refractivity contribution < 1.29 is 23.8 Å². The van der Waals surface area contributed by atoms with E-state index in [1.54, 1.807) is 23.9 Å². The van der Waals surface area contributed by atoms with Crippen molar-refractivity contribution in [1.29, 1.82) is 0 Å². The van der Waals surface area contributed by atoms with Gasteiger partial charge in [-0.1, -0.05) is 12.1 Å². The van der Waals surface area contributed by atoms with Gasteiger partial charge in [-0.2, -0.15) is 0 Å². The van der Waals surface area contributed by atoms with Crippen molar-refractivity contribution in [2.24, 2.45) is 5.92 Å². The first kappa shape index (κ1) is 22.1. The van der Waals surface area contributed by atoms with Crippen LogP contribution in [0.25, 0.3) is 0 Å². The highest BCUT2D eigenvalue weighted by Crippen LogP contribution is 2.35. The number of carbonyl (C=O) groups excluding carboxylic acids is 2. The van der Waals surface area contributed by atoms with Crippen LogP contribution in [0.5, 0.6) is 11.5 Å². The van der Waals surface area contributed by atoms with Gasteiger partial charge in [0.1, 0.15) is 0 Å². The van der Waals surface area contributed by atoms with E-state index in [0.717, 1.165) is 35.7 Å². The highest BCUT2D eigenvalue weighted by Gasteiger charge is 2.29. The Labute approximate surface area is 197 Å². The van der Waals surface area contributed by atoms with Crippen LogP contribution in [0.1, 0.15) is 36.0 Å².